The monoisotopic (exact) mass is 350 g/mol. The molecule has 140 valence electrons. The Morgan fingerprint density at radius 3 is 2.60 bits per heavy atom. The summed E-state index contributed by atoms with van der Waals surface area (Å²) in [6, 6.07) is 0. The van der Waals surface area contributed by atoms with Crippen LogP contribution in [-0.4, -0.2) is 70.0 Å². The zero-order chi connectivity index (χ0) is 18.4. The van der Waals surface area contributed by atoms with Crippen LogP contribution in [0.25, 0.3) is 0 Å². The van der Waals surface area contributed by atoms with Crippen molar-refractivity contribution in [3.05, 3.63) is 12.4 Å². The molecule has 0 radical (unpaired) electrons. The van der Waals surface area contributed by atoms with Crippen LogP contribution in [0.3, 0.4) is 0 Å². The predicted molar refractivity (Wildman–Crippen MR) is 98.6 cm³/mol. The van der Waals surface area contributed by atoms with Gasteiger partial charge in [-0.25, -0.2) is 0 Å². The summed E-state index contributed by atoms with van der Waals surface area (Å²) in [6.45, 7) is 8.49. The highest BCUT2D eigenvalue weighted by atomic mass is 16.3. The molecule has 1 aliphatic heterocycles. The first-order valence-corrected chi connectivity index (χ1v) is 8.97. The summed E-state index contributed by atoms with van der Waals surface area (Å²) in [4.78, 5) is 20.8. The van der Waals surface area contributed by atoms with Gasteiger partial charge in [-0.2, -0.15) is 5.10 Å². The van der Waals surface area contributed by atoms with Crippen molar-refractivity contribution in [3.63, 3.8) is 0 Å². The molecule has 8 nitrogen and oxygen atoms in total. The second-order valence-corrected chi connectivity index (χ2v) is 6.44. The Balaban J connectivity index is 2.07. The van der Waals surface area contributed by atoms with E-state index in [1.807, 2.05) is 38.9 Å². The van der Waals surface area contributed by atoms with Gasteiger partial charge in [0.1, 0.15) is 6.54 Å². The molecule has 1 aromatic rings. The van der Waals surface area contributed by atoms with Crippen molar-refractivity contribution in [2.75, 3.05) is 37.6 Å². The third kappa shape index (κ3) is 4.72. The lowest BCUT2D eigenvalue weighted by atomic mass is 9.98. The Morgan fingerprint density at radius 2 is 2.08 bits per heavy atom. The zero-order valence-corrected chi connectivity index (χ0v) is 15.7. The van der Waals surface area contributed by atoms with Crippen molar-refractivity contribution < 1.29 is 9.90 Å². The number of aliphatic imine (C=N–C) groups is 1. The fourth-order valence-electron chi connectivity index (χ4n) is 2.80. The summed E-state index contributed by atoms with van der Waals surface area (Å²) < 4.78 is 1.69. The molecule has 0 bridgehead atoms. The summed E-state index contributed by atoms with van der Waals surface area (Å²) in [5, 5.41) is 17.8. The van der Waals surface area contributed by atoms with E-state index in [-0.39, 0.29) is 12.5 Å². The number of anilines is 1. The second-order valence-electron chi connectivity index (χ2n) is 6.44. The molecule has 2 rings (SSSR count). The van der Waals surface area contributed by atoms with E-state index in [4.69, 9.17) is 0 Å². The third-order valence-electron chi connectivity index (χ3n) is 4.70. The number of aliphatic hydroxyl groups is 1. The molecule has 1 aromatic heterocycles. The summed E-state index contributed by atoms with van der Waals surface area (Å²) in [7, 11) is 1.84. The van der Waals surface area contributed by atoms with E-state index >= 15 is 0 Å². The van der Waals surface area contributed by atoms with Gasteiger partial charge in [0.05, 0.1) is 24.0 Å². The first-order chi connectivity index (χ1) is 11.9. The smallest absolute Gasteiger partial charge is 0.246 e. The normalized spacial score (nSPS) is 16.5. The van der Waals surface area contributed by atoms with Crippen LogP contribution < -0.4 is 10.2 Å². The molecule has 2 heterocycles. The van der Waals surface area contributed by atoms with Gasteiger partial charge in [-0.05, 0) is 19.8 Å². The highest BCUT2D eigenvalue weighted by Crippen LogP contribution is 2.17. The number of amides is 1. The predicted octanol–water partition coefficient (Wildman–Crippen LogP) is 0.585. The molecule has 0 aliphatic carbocycles. The van der Waals surface area contributed by atoms with Crippen molar-refractivity contribution in [1.29, 1.82) is 0 Å². The maximum atomic E-state index is 12.6. The van der Waals surface area contributed by atoms with E-state index in [0.29, 0.717) is 45.0 Å². The number of guanidine groups is 1. The molecule has 1 saturated heterocycles. The van der Waals surface area contributed by atoms with Gasteiger partial charge in [-0.15, -0.1) is 0 Å². The van der Waals surface area contributed by atoms with E-state index in [1.54, 1.807) is 15.8 Å². The second kappa shape index (κ2) is 8.33. The minimum absolute atomic E-state index is 0.0195. The van der Waals surface area contributed by atoms with E-state index in [9.17, 15) is 9.90 Å². The number of nitrogens with one attached hydrogen (secondary N) is 1. The van der Waals surface area contributed by atoms with Crippen molar-refractivity contribution in [2.24, 2.45) is 12.0 Å². The number of hydrogen-bond acceptors (Lipinski definition) is 4. The Kier molecular flexibility index (Phi) is 6.41. The molecule has 1 amide bonds. The molecule has 8 heteroatoms. The quantitative estimate of drug-likeness (QED) is 0.579. The largest absolute Gasteiger partial charge is 0.388 e. The fourth-order valence-corrected chi connectivity index (χ4v) is 2.80. The minimum Gasteiger partial charge on any atom is -0.388 e. The first kappa shape index (κ1) is 19.2. The molecule has 25 heavy (non-hydrogen) atoms. The van der Waals surface area contributed by atoms with Gasteiger partial charge >= 0.3 is 0 Å². The van der Waals surface area contributed by atoms with Crippen LogP contribution in [0.15, 0.2) is 17.4 Å². The highest BCUT2D eigenvalue weighted by molar-refractivity contribution is 5.98. The fraction of sp³-hybridized carbons (Fsp3) is 0.706. The maximum Gasteiger partial charge on any atom is 0.246 e. The number of aryl methyl sites for hydroxylation is 1. The van der Waals surface area contributed by atoms with Crippen LogP contribution in [0.5, 0.6) is 0 Å². The van der Waals surface area contributed by atoms with Gasteiger partial charge < -0.3 is 20.2 Å². The molecule has 0 spiro atoms. The summed E-state index contributed by atoms with van der Waals surface area (Å²) in [6.07, 6.45) is 4.85. The van der Waals surface area contributed by atoms with Gasteiger partial charge in [-0.3, -0.25) is 14.5 Å². The Hall–Kier alpha value is -2.09. The third-order valence-corrected chi connectivity index (χ3v) is 4.70. The molecule has 1 fully saturated rings. The molecule has 0 aromatic carbocycles. The van der Waals surface area contributed by atoms with Crippen LogP contribution in [0.1, 0.15) is 33.6 Å². The average molecular weight is 350 g/mol. The number of piperazine rings is 1. The first-order valence-electron chi connectivity index (χ1n) is 8.97. The van der Waals surface area contributed by atoms with Crippen LogP contribution in [-0.2, 0) is 11.8 Å². The number of hydrogen-bond donors (Lipinski definition) is 2. The number of carbonyl (C=O) groups excluding carboxylic acids is 1. The van der Waals surface area contributed by atoms with Crippen LogP contribution in [0.4, 0.5) is 5.69 Å². The molecular weight excluding hydrogens is 320 g/mol. The van der Waals surface area contributed by atoms with Gasteiger partial charge in [0.15, 0.2) is 5.96 Å². The number of nitrogens with zero attached hydrogens (tertiary/aromatic N) is 5. The Bertz CT molecular complexity index is 608. The maximum absolute atomic E-state index is 12.6. The minimum atomic E-state index is -0.789. The molecular formula is C17H30N6O2. The highest BCUT2D eigenvalue weighted by Gasteiger charge is 2.28. The number of carbonyl (C=O) groups is 1. The standard InChI is InChI=1S/C17H30N6O2/c1-5-17(25,6-2)13-19-16(18-7-3)22-8-9-23(15(24)12-22)14-10-20-21(4)11-14/h10-11,25H,5-9,12-13H2,1-4H3,(H,18,19). The van der Waals surface area contributed by atoms with Crippen molar-refractivity contribution >= 4 is 17.6 Å². The summed E-state index contributed by atoms with van der Waals surface area (Å²) >= 11 is 0. The van der Waals surface area contributed by atoms with E-state index in [0.717, 1.165) is 5.69 Å². The van der Waals surface area contributed by atoms with Crippen LogP contribution >= 0.6 is 0 Å². The zero-order valence-electron chi connectivity index (χ0n) is 15.7. The lowest BCUT2D eigenvalue weighted by Gasteiger charge is -2.36. The van der Waals surface area contributed by atoms with Crippen molar-refractivity contribution in [1.82, 2.24) is 20.0 Å². The number of aromatic nitrogens is 2. The molecule has 1 aliphatic rings. The Morgan fingerprint density at radius 1 is 1.36 bits per heavy atom. The summed E-state index contributed by atoms with van der Waals surface area (Å²) in [5.41, 5.74) is 0.0304. The van der Waals surface area contributed by atoms with Crippen LogP contribution in [0.2, 0.25) is 0 Å². The van der Waals surface area contributed by atoms with Gasteiger partial charge in [-0.1, -0.05) is 13.8 Å². The topological polar surface area (TPSA) is 86.0 Å². The van der Waals surface area contributed by atoms with Crippen molar-refractivity contribution in [2.45, 2.75) is 39.2 Å². The Labute approximate surface area is 149 Å². The van der Waals surface area contributed by atoms with Gasteiger partial charge in [0.2, 0.25) is 5.91 Å². The van der Waals surface area contributed by atoms with E-state index in [2.05, 4.69) is 15.4 Å². The van der Waals surface area contributed by atoms with E-state index < -0.39 is 5.60 Å². The molecule has 0 saturated carbocycles. The van der Waals surface area contributed by atoms with Gasteiger partial charge in [0, 0.05) is 32.9 Å². The van der Waals surface area contributed by atoms with E-state index in [1.165, 1.54) is 0 Å². The average Bonchev–Trinajstić information content (AvgIpc) is 3.04. The molecule has 2 N–H and O–H groups in total. The van der Waals surface area contributed by atoms with Crippen LogP contribution in [0, 0.1) is 0 Å². The lowest BCUT2D eigenvalue weighted by molar-refractivity contribution is -0.120. The summed E-state index contributed by atoms with van der Waals surface area (Å²) in [5.74, 6) is 0.702. The molecule has 0 unspecified atom stereocenters. The number of rotatable bonds is 6. The lowest BCUT2D eigenvalue weighted by Crippen LogP contribution is -2.55. The van der Waals surface area contributed by atoms with Crippen molar-refractivity contribution in [3.8, 4) is 0 Å². The SMILES string of the molecule is CCNC(=NCC(O)(CC)CC)N1CCN(c2cnn(C)c2)C(=O)C1. The molecule has 0 atom stereocenters. The van der Waals surface area contributed by atoms with Gasteiger partial charge in [0.25, 0.3) is 0 Å².